The van der Waals surface area contributed by atoms with Crippen LogP contribution in [0.5, 0.6) is 0 Å². The fourth-order valence-corrected chi connectivity index (χ4v) is 1.95. The molecule has 0 bridgehead atoms. The van der Waals surface area contributed by atoms with Gasteiger partial charge in [-0.2, -0.15) is 0 Å². The predicted octanol–water partition coefficient (Wildman–Crippen LogP) is -3.34. The van der Waals surface area contributed by atoms with Crippen molar-refractivity contribution in [2.45, 2.75) is 12.8 Å². The number of ketones is 1. The zero-order chi connectivity index (χ0) is 9.54. The van der Waals surface area contributed by atoms with Crippen molar-refractivity contribution in [2.75, 3.05) is 0 Å². The molecule has 1 atom stereocenters. The second-order valence-corrected chi connectivity index (χ2v) is 3.75. The maximum absolute atomic E-state index is 10.9. The largest absolute Gasteiger partial charge is 1.00 e. The Morgan fingerprint density at radius 2 is 2.20 bits per heavy atom. The number of rotatable bonds is 1. The highest BCUT2D eigenvalue weighted by Crippen LogP contribution is 2.32. The third kappa shape index (κ3) is 1.56. The lowest BCUT2D eigenvalue weighted by Crippen LogP contribution is -3.04. The van der Waals surface area contributed by atoms with Crippen molar-refractivity contribution in [2.24, 2.45) is 15.9 Å². The quantitative estimate of drug-likeness (QED) is 0.497. The van der Waals surface area contributed by atoms with Gasteiger partial charge in [0.15, 0.2) is 12.0 Å². The third-order valence-electron chi connectivity index (χ3n) is 2.81. The first-order valence-corrected chi connectivity index (χ1v) is 4.71. The maximum atomic E-state index is 10.9. The first kappa shape index (κ1) is 10.3. The molecule has 4 nitrogen and oxygen atoms in total. The lowest BCUT2D eigenvalue weighted by atomic mass is 9.81. The summed E-state index contributed by atoms with van der Waals surface area (Å²) in [5, 5.41) is 0. The molecule has 78 valence electrons. The second kappa shape index (κ2) is 3.72. The van der Waals surface area contributed by atoms with Gasteiger partial charge in [0.1, 0.15) is 17.7 Å². The van der Waals surface area contributed by atoms with Crippen molar-refractivity contribution in [3.63, 3.8) is 0 Å². The summed E-state index contributed by atoms with van der Waals surface area (Å²) in [6.07, 6.45) is 8.71. The number of nitrogens with zero attached hydrogens (tertiary/aromatic N) is 2. The van der Waals surface area contributed by atoms with Gasteiger partial charge in [-0.15, -0.1) is 0 Å². The van der Waals surface area contributed by atoms with Gasteiger partial charge in [0.2, 0.25) is 0 Å². The number of quaternary nitrogens is 1. The molecule has 1 saturated carbocycles. The standard InChI is InChI=1S/C10H9N3O.ClH/c14-8-3-7(4-8)10-9-5-11-1-2-13(9)6-12-10;/h1-2,5-7H,3-4H2;1H. The highest BCUT2D eigenvalue weighted by atomic mass is 35.5. The molecule has 0 aromatic rings. The van der Waals surface area contributed by atoms with Crippen LogP contribution in [-0.4, -0.2) is 18.3 Å². The van der Waals surface area contributed by atoms with E-state index >= 15 is 0 Å². The molecule has 0 aromatic heterocycles. The van der Waals surface area contributed by atoms with Gasteiger partial charge in [0, 0.05) is 18.8 Å². The van der Waals surface area contributed by atoms with Crippen LogP contribution in [0.3, 0.4) is 0 Å². The summed E-state index contributed by atoms with van der Waals surface area (Å²) in [6, 6.07) is 0. The monoisotopic (exact) mass is 223 g/mol. The van der Waals surface area contributed by atoms with Gasteiger partial charge in [0.05, 0.1) is 12.4 Å². The van der Waals surface area contributed by atoms with Crippen LogP contribution in [0.25, 0.3) is 0 Å². The molecule has 15 heavy (non-hydrogen) atoms. The molecular formula is C10H10ClN3O. The van der Waals surface area contributed by atoms with E-state index in [0.717, 1.165) is 16.3 Å². The van der Waals surface area contributed by atoms with Gasteiger partial charge in [-0.05, 0) is 0 Å². The fourth-order valence-electron chi connectivity index (χ4n) is 1.95. The first-order valence-electron chi connectivity index (χ1n) is 4.71. The summed E-state index contributed by atoms with van der Waals surface area (Å²) in [7, 11) is 0. The molecule has 0 amide bonds. The summed E-state index contributed by atoms with van der Waals surface area (Å²) < 4.78 is 0. The molecular weight excluding hydrogens is 214 g/mol. The smallest absolute Gasteiger partial charge is 0.198 e. The topological polar surface area (TPSA) is 46.2 Å². The Bertz CT molecular complexity index is 414. The van der Waals surface area contributed by atoms with E-state index in [1.165, 1.54) is 0 Å². The van der Waals surface area contributed by atoms with Gasteiger partial charge >= 0.3 is 0 Å². The van der Waals surface area contributed by atoms with Crippen LogP contribution in [0.2, 0.25) is 0 Å². The zero-order valence-corrected chi connectivity index (χ0v) is 8.74. The number of allylic oxidation sites excluding steroid dienone is 2. The Morgan fingerprint density at radius 3 is 2.93 bits per heavy atom. The van der Waals surface area contributed by atoms with E-state index in [0.29, 0.717) is 24.5 Å². The average molecular weight is 224 g/mol. The van der Waals surface area contributed by atoms with E-state index in [1.807, 2.05) is 18.8 Å². The Hall–Kier alpha value is -1.26. The van der Waals surface area contributed by atoms with Gasteiger partial charge in [-0.3, -0.25) is 9.79 Å². The van der Waals surface area contributed by atoms with Crippen LogP contribution >= 0.6 is 0 Å². The fraction of sp³-hybridized carbons (Fsp3) is 0.300. The number of halogens is 1. The normalized spacial score (nSPS) is 27.7. The highest BCUT2D eigenvalue weighted by Gasteiger charge is 2.36. The number of fused-ring (bicyclic) bond motifs is 1. The number of hydrogen-bond acceptors (Lipinski definition) is 3. The number of Topliss-reactive ketones (excluding diaryl/α,β-unsaturated/α-hetero) is 1. The minimum atomic E-state index is 0. The van der Waals surface area contributed by atoms with E-state index in [4.69, 9.17) is 0 Å². The van der Waals surface area contributed by atoms with Crippen molar-refractivity contribution >= 4 is 18.3 Å². The van der Waals surface area contributed by atoms with Crippen LogP contribution in [0.1, 0.15) is 12.8 Å². The number of carbonyl (C=O) groups excluding carboxylic acids is 1. The van der Waals surface area contributed by atoms with Gasteiger partial charge in [-0.25, -0.2) is 9.89 Å². The van der Waals surface area contributed by atoms with E-state index in [-0.39, 0.29) is 12.4 Å². The Labute approximate surface area is 93.5 Å². The van der Waals surface area contributed by atoms with Crippen molar-refractivity contribution in [1.82, 2.24) is 0 Å². The molecule has 0 saturated heterocycles. The lowest BCUT2D eigenvalue weighted by molar-refractivity contribution is -0.682. The third-order valence-corrected chi connectivity index (χ3v) is 2.81. The van der Waals surface area contributed by atoms with Crippen LogP contribution in [0.15, 0.2) is 33.8 Å². The molecule has 1 aliphatic carbocycles. The van der Waals surface area contributed by atoms with Crippen LogP contribution < -0.4 is 17.3 Å². The summed E-state index contributed by atoms with van der Waals surface area (Å²) in [4.78, 5) is 20.5. The zero-order valence-electron chi connectivity index (χ0n) is 7.98. The summed E-state index contributed by atoms with van der Waals surface area (Å²) >= 11 is 0. The first-order chi connectivity index (χ1) is 6.84. The Balaban J connectivity index is 0.000000853. The van der Waals surface area contributed by atoms with E-state index in [2.05, 4.69) is 9.98 Å². The Kier molecular flexibility index (Phi) is 2.54. The average Bonchev–Trinajstić information content (AvgIpc) is 2.56. The molecule has 2 aliphatic heterocycles. The van der Waals surface area contributed by atoms with Gasteiger partial charge in [0.25, 0.3) is 0 Å². The summed E-state index contributed by atoms with van der Waals surface area (Å²) in [5.41, 5.74) is 2.15. The number of hydrogen-bond donors (Lipinski definition) is 1. The van der Waals surface area contributed by atoms with E-state index in [1.54, 1.807) is 6.20 Å². The molecule has 0 spiro atoms. The van der Waals surface area contributed by atoms with Crippen LogP contribution in [-0.2, 0) is 4.79 Å². The maximum Gasteiger partial charge on any atom is 0.198 e. The van der Waals surface area contributed by atoms with Crippen molar-refractivity contribution in [3.05, 3.63) is 23.8 Å². The lowest BCUT2D eigenvalue weighted by Gasteiger charge is -2.23. The molecule has 0 aromatic carbocycles. The van der Waals surface area contributed by atoms with Crippen LogP contribution in [0, 0.1) is 5.92 Å². The molecule has 5 heteroatoms. The van der Waals surface area contributed by atoms with Gasteiger partial charge in [-0.1, -0.05) is 0 Å². The second-order valence-electron chi connectivity index (χ2n) is 3.75. The minimum absolute atomic E-state index is 0. The highest BCUT2D eigenvalue weighted by molar-refractivity contribution is 5.88. The molecule has 0 radical (unpaired) electrons. The van der Waals surface area contributed by atoms with E-state index < -0.39 is 0 Å². The summed E-state index contributed by atoms with van der Waals surface area (Å²) in [6.45, 7) is 0. The molecule has 2 heterocycles. The Morgan fingerprint density at radius 1 is 1.40 bits per heavy atom. The minimum Gasteiger partial charge on any atom is -1.00 e. The summed E-state index contributed by atoms with van der Waals surface area (Å²) in [5.74, 6) is 0.680. The molecule has 1 unspecified atom stereocenters. The van der Waals surface area contributed by atoms with Gasteiger partial charge < -0.3 is 12.4 Å². The molecule has 3 aliphatic rings. The number of aliphatic imine (C=N–C) groups is 2. The molecule has 3 rings (SSSR count). The van der Waals surface area contributed by atoms with Crippen molar-refractivity contribution < 1.29 is 22.1 Å². The van der Waals surface area contributed by atoms with Crippen molar-refractivity contribution in [1.29, 1.82) is 0 Å². The number of carbonyl (C=O) groups is 1. The molecule has 1 fully saturated rings. The van der Waals surface area contributed by atoms with Crippen LogP contribution in [0.4, 0.5) is 0 Å². The molecule has 1 N–H and O–H groups in total. The van der Waals surface area contributed by atoms with E-state index in [9.17, 15) is 4.79 Å². The predicted molar refractivity (Wildman–Crippen MR) is 51.8 cm³/mol. The van der Waals surface area contributed by atoms with Crippen molar-refractivity contribution in [3.8, 4) is 0 Å². The SMILES string of the molecule is O=C1CC(C2=C3C=NC=C[NH+]3C=N2)C1.[Cl-]. The number of nitrogens with one attached hydrogen (secondary N) is 1.